The van der Waals surface area contributed by atoms with Gasteiger partial charge in [-0.1, -0.05) is 12.1 Å². The van der Waals surface area contributed by atoms with Gasteiger partial charge in [-0.15, -0.1) is 11.3 Å². The number of hydrogen-bond acceptors (Lipinski definition) is 4. The number of benzene rings is 1. The normalized spacial score (nSPS) is 10.8. The van der Waals surface area contributed by atoms with Crippen LogP contribution in [0.25, 0.3) is 20.7 Å². The van der Waals surface area contributed by atoms with Gasteiger partial charge in [-0.2, -0.15) is 0 Å². The lowest BCUT2D eigenvalue weighted by Gasteiger charge is -1.99. The molecule has 0 saturated heterocycles. The largest absolute Gasteiger partial charge is 0.507 e. The first-order valence-corrected chi connectivity index (χ1v) is 5.83. The van der Waals surface area contributed by atoms with Crippen molar-refractivity contribution in [1.29, 1.82) is 0 Å². The summed E-state index contributed by atoms with van der Waals surface area (Å²) in [5.41, 5.74) is 0.558. The number of phenolic OH excluding ortho intramolecular Hbond substituents is 1. The second kappa shape index (κ2) is 3.71. The molecule has 2 aromatic heterocycles. The first-order valence-electron chi connectivity index (χ1n) is 5.01. The average molecular weight is 244 g/mol. The van der Waals surface area contributed by atoms with Crippen molar-refractivity contribution < 1.29 is 5.11 Å². The second-order valence-corrected chi connectivity index (χ2v) is 4.61. The zero-order valence-corrected chi connectivity index (χ0v) is 9.49. The number of phenols is 1. The van der Waals surface area contributed by atoms with Crippen LogP contribution in [0.4, 0.5) is 0 Å². The van der Waals surface area contributed by atoms with Gasteiger partial charge in [-0.3, -0.25) is 4.79 Å². The van der Waals surface area contributed by atoms with Gasteiger partial charge in [0.05, 0.1) is 11.7 Å². The molecule has 5 heteroatoms. The number of H-pyrrole nitrogens is 1. The third kappa shape index (κ3) is 1.60. The van der Waals surface area contributed by atoms with E-state index in [1.165, 1.54) is 17.7 Å². The number of nitrogens with zero attached hydrogens (tertiary/aromatic N) is 1. The predicted molar refractivity (Wildman–Crippen MR) is 67.3 cm³/mol. The standard InChI is InChI=1S/C12H8N2O2S/c15-9-4-2-1-3-7(9)10-5-8-11(16)13-6-14-12(8)17-10/h1-6,15H,(H,13,14,16). The van der Waals surface area contributed by atoms with Crippen molar-refractivity contribution in [2.75, 3.05) is 0 Å². The highest BCUT2D eigenvalue weighted by molar-refractivity contribution is 7.21. The summed E-state index contributed by atoms with van der Waals surface area (Å²) in [6, 6.07) is 8.79. The molecule has 0 fully saturated rings. The minimum absolute atomic E-state index is 0.159. The molecule has 0 radical (unpaired) electrons. The van der Waals surface area contributed by atoms with Crippen molar-refractivity contribution in [2.45, 2.75) is 0 Å². The Morgan fingerprint density at radius 1 is 1.29 bits per heavy atom. The van der Waals surface area contributed by atoms with Crippen molar-refractivity contribution in [3.8, 4) is 16.2 Å². The zero-order chi connectivity index (χ0) is 11.8. The van der Waals surface area contributed by atoms with Gasteiger partial charge in [0.15, 0.2) is 0 Å². The molecule has 0 aliphatic heterocycles. The summed E-state index contributed by atoms with van der Waals surface area (Å²) in [6.07, 6.45) is 1.38. The summed E-state index contributed by atoms with van der Waals surface area (Å²) in [4.78, 5) is 19.7. The third-order valence-corrected chi connectivity index (χ3v) is 3.58. The molecule has 2 heterocycles. The van der Waals surface area contributed by atoms with Gasteiger partial charge in [0.1, 0.15) is 10.6 Å². The van der Waals surface area contributed by atoms with Gasteiger partial charge in [0, 0.05) is 10.4 Å². The van der Waals surface area contributed by atoms with Gasteiger partial charge in [-0.05, 0) is 18.2 Å². The number of para-hydroxylation sites is 1. The molecule has 0 bridgehead atoms. The topological polar surface area (TPSA) is 66.0 Å². The van der Waals surface area contributed by atoms with Crippen LogP contribution in [0.5, 0.6) is 5.75 Å². The highest BCUT2D eigenvalue weighted by Crippen LogP contribution is 2.35. The summed E-state index contributed by atoms with van der Waals surface area (Å²) in [5.74, 6) is 0.204. The number of fused-ring (bicyclic) bond motifs is 1. The van der Waals surface area contributed by atoms with E-state index in [0.29, 0.717) is 10.2 Å². The van der Waals surface area contributed by atoms with Crippen LogP contribution in [-0.4, -0.2) is 15.1 Å². The minimum atomic E-state index is -0.159. The molecule has 0 atom stereocenters. The van der Waals surface area contributed by atoms with Crippen molar-refractivity contribution in [3.63, 3.8) is 0 Å². The number of thiophene rings is 1. The Hall–Kier alpha value is -2.14. The average Bonchev–Trinajstić information content (AvgIpc) is 2.75. The van der Waals surface area contributed by atoms with Crippen LogP contribution in [-0.2, 0) is 0 Å². The lowest BCUT2D eigenvalue weighted by Crippen LogP contribution is -2.03. The molecule has 84 valence electrons. The molecular formula is C12H8N2O2S. The van der Waals surface area contributed by atoms with Crippen molar-refractivity contribution >= 4 is 21.6 Å². The van der Waals surface area contributed by atoms with E-state index >= 15 is 0 Å². The second-order valence-electron chi connectivity index (χ2n) is 3.58. The molecule has 17 heavy (non-hydrogen) atoms. The smallest absolute Gasteiger partial charge is 0.259 e. The van der Waals surface area contributed by atoms with Gasteiger partial charge >= 0.3 is 0 Å². The molecule has 0 spiro atoms. The fraction of sp³-hybridized carbons (Fsp3) is 0. The summed E-state index contributed by atoms with van der Waals surface area (Å²) in [5, 5.41) is 10.3. The van der Waals surface area contributed by atoms with Crippen LogP contribution in [0.1, 0.15) is 0 Å². The molecule has 3 rings (SSSR count). The summed E-state index contributed by atoms with van der Waals surface area (Å²) in [6.45, 7) is 0. The van der Waals surface area contributed by atoms with E-state index in [4.69, 9.17) is 0 Å². The maximum absolute atomic E-state index is 11.6. The van der Waals surface area contributed by atoms with Gasteiger partial charge < -0.3 is 10.1 Å². The van der Waals surface area contributed by atoms with E-state index in [9.17, 15) is 9.90 Å². The lowest BCUT2D eigenvalue weighted by atomic mass is 10.1. The van der Waals surface area contributed by atoms with Crippen LogP contribution < -0.4 is 5.56 Å². The number of aromatic amines is 1. The zero-order valence-electron chi connectivity index (χ0n) is 8.68. The lowest BCUT2D eigenvalue weighted by molar-refractivity contribution is 0.477. The molecular weight excluding hydrogens is 236 g/mol. The third-order valence-electron chi connectivity index (χ3n) is 2.50. The monoisotopic (exact) mass is 244 g/mol. The Bertz CT molecular complexity index is 745. The molecule has 1 aromatic carbocycles. The van der Waals surface area contributed by atoms with Crippen molar-refractivity contribution in [3.05, 3.63) is 47.0 Å². The molecule has 0 aliphatic rings. The van der Waals surface area contributed by atoms with Crippen molar-refractivity contribution in [2.24, 2.45) is 0 Å². The van der Waals surface area contributed by atoms with Crippen LogP contribution in [0.2, 0.25) is 0 Å². The van der Waals surface area contributed by atoms with Gasteiger partial charge in [0.2, 0.25) is 0 Å². The predicted octanol–water partition coefficient (Wildman–Crippen LogP) is 2.36. The molecule has 0 amide bonds. The Balaban J connectivity index is 2.30. The summed E-state index contributed by atoms with van der Waals surface area (Å²) < 4.78 is 0. The number of aromatic nitrogens is 2. The maximum Gasteiger partial charge on any atom is 0.259 e. The van der Waals surface area contributed by atoms with Crippen molar-refractivity contribution in [1.82, 2.24) is 9.97 Å². The maximum atomic E-state index is 11.6. The Morgan fingerprint density at radius 2 is 2.12 bits per heavy atom. The van der Waals surface area contributed by atoms with E-state index in [2.05, 4.69) is 9.97 Å². The minimum Gasteiger partial charge on any atom is -0.507 e. The first kappa shape index (κ1) is 10.0. The van der Waals surface area contributed by atoms with Crippen LogP contribution in [0.15, 0.2) is 41.5 Å². The molecule has 2 N–H and O–H groups in total. The quantitative estimate of drug-likeness (QED) is 0.690. The van der Waals surface area contributed by atoms with Crippen LogP contribution in [0.3, 0.4) is 0 Å². The molecule has 0 aliphatic carbocycles. The van der Waals surface area contributed by atoms with E-state index in [1.807, 2.05) is 12.1 Å². The highest BCUT2D eigenvalue weighted by Gasteiger charge is 2.10. The fourth-order valence-electron chi connectivity index (χ4n) is 1.68. The number of rotatable bonds is 1. The SMILES string of the molecule is O=c1[nH]cnc2sc(-c3ccccc3O)cc12. The Morgan fingerprint density at radius 3 is 2.88 bits per heavy atom. The van der Waals surface area contributed by atoms with E-state index in [1.54, 1.807) is 18.2 Å². The first-order chi connectivity index (χ1) is 8.25. The summed E-state index contributed by atoms with van der Waals surface area (Å²) >= 11 is 1.39. The van der Waals surface area contributed by atoms with Gasteiger partial charge in [0.25, 0.3) is 5.56 Å². The van der Waals surface area contributed by atoms with Gasteiger partial charge in [-0.25, -0.2) is 4.98 Å². The van der Waals surface area contributed by atoms with E-state index in [0.717, 1.165) is 10.4 Å². The number of aromatic hydroxyl groups is 1. The molecule has 0 saturated carbocycles. The fourth-order valence-corrected chi connectivity index (χ4v) is 2.72. The van der Waals surface area contributed by atoms with E-state index < -0.39 is 0 Å². The summed E-state index contributed by atoms with van der Waals surface area (Å²) in [7, 11) is 0. The van der Waals surface area contributed by atoms with Crippen LogP contribution in [0, 0.1) is 0 Å². The number of hydrogen-bond donors (Lipinski definition) is 2. The van der Waals surface area contributed by atoms with Crippen LogP contribution >= 0.6 is 11.3 Å². The molecule has 3 aromatic rings. The van der Waals surface area contributed by atoms with E-state index in [-0.39, 0.29) is 11.3 Å². The highest BCUT2D eigenvalue weighted by atomic mass is 32.1. The Kier molecular flexibility index (Phi) is 2.19. The molecule has 0 unspecified atom stereocenters. The molecule has 4 nitrogen and oxygen atoms in total. The Labute approximate surface area is 100 Å². The number of nitrogens with one attached hydrogen (secondary N) is 1.